The summed E-state index contributed by atoms with van der Waals surface area (Å²) in [5.74, 6) is -4.44. The molecule has 0 spiro atoms. The molecular weight excluding hydrogens is 388 g/mol. The average molecular weight is 393 g/mol. The van der Waals surface area contributed by atoms with Crippen molar-refractivity contribution in [3.8, 4) is 17.2 Å². The Labute approximate surface area is 134 Å². The molecule has 1 aliphatic heterocycles. The average Bonchev–Trinajstić information content (AvgIpc) is 2.70. The van der Waals surface area contributed by atoms with Crippen LogP contribution in [0.15, 0.2) is 34.8 Å². The van der Waals surface area contributed by atoms with Gasteiger partial charge in [-0.3, -0.25) is 0 Å². The van der Waals surface area contributed by atoms with Crippen molar-refractivity contribution in [2.45, 2.75) is 6.29 Å². The quantitative estimate of drug-likeness (QED) is 0.435. The van der Waals surface area contributed by atoms with Crippen LogP contribution in [0, 0.1) is 11.6 Å². The smallest absolute Gasteiger partial charge is 0.423 e. The molecule has 0 N–H and O–H groups in total. The zero-order valence-electron chi connectivity index (χ0n) is 10.9. The molecule has 1 aliphatic rings. The lowest BCUT2D eigenvalue weighted by Gasteiger charge is -2.07. The Kier molecular flexibility index (Phi) is 3.67. The molecule has 2 aromatic rings. The van der Waals surface area contributed by atoms with Crippen molar-refractivity contribution in [3.05, 3.63) is 52.0 Å². The normalized spacial score (nSPS) is 14.7. The van der Waals surface area contributed by atoms with E-state index in [0.29, 0.717) is 0 Å². The maximum Gasteiger partial charge on any atom is 0.586 e. The van der Waals surface area contributed by atoms with Gasteiger partial charge in [0.1, 0.15) is 22.9 Å². The van der Waals surface area contributed by atoms with Gasteiger partial charge in [0.25, 0.3) is 0 Å². The molecule has 0 aliphatic carbocycles. The van der Waals surface area contributed by atoms with Crippen LogP contribution >= 0.6 is 15.9 Å². The first kappa shape index (κ1) is 15.6. The summed E-state index contributed by atoms with van der Waals surface area (Å²) in [6.07, 6.45) is -3.82. The molecule has 0 unspecified atom stereocenters. The molecule has 0 fully saturated rings. The number of hydrogen-bond acceptors (Lipinski definition) is 4. The number of halogens is 5. The fourth-order valence-corrected chi connectivity index (χ4v) is 2.29. The van der Waals surface area contributed by atoms with E-state index in [4.69, 9.17) is 4.74 Å². The van der Waals surface area contributed by atoms with Crippen LogP contribution < -0.4 is 14.2 Å². The molecule has 9 heteroatoms. The van der Waals surface area contributed by atoms with Gasteiger partial charge >= 0.3 is 12.3 Å². The molecule has 3 rings (SSSR count). The van der Waals surface area contributed by atoms with Crippen LogP contribution in [0.1, 0.15) is 10.4 Å². The van der Waals surface area contributed by atoms with Crippen LogP contribution in [0.4, 0.5) is 17.6 Å². The summed E-state index contributed by atoms with van der Waals surface area (Å²) in [5, 5.41) is 0. The number of esters is 1. The van der Waals surface area contributed by atoms with E-state index in [2.05, 4.69) is 25.4 Å². The summed E-state index contributed by atoms with van der Waals surface area (Å²) >= 11 is 2.87. The highest BCUT2D eigenvalue weighted by Gasteiger charge is 2.43. The van der Waals surface area contributed by atoms with E-state index < -0.39 is 29.5 Å². The van der Waals surface area contributed by atoms with Crippen molar-refractivity contribution in [2.75, 3.05) is 0 Å². The molecule has 120 valence electrons. The minimum Gasteiger partial charge on any atom is -0.423 e. The highest BCUT2D eigenvalue weighted by Crippen LogP contribution is 2.42. The Hall–Kier alpha value is -2.29. The minimum absolute atomic E-state index is 0.106. The van der Waals surface area contributed by atoms with Crippen molar-refractivity contribution in [3.63, 3.8) is 0 Å². The summed E-state index contributed by atoms with van der Waals surface area (Å²) in [4.78, 5) is 11.9. The number of benzene rings is 2. The second-order valence-corrected chi connectivity index (χ2v) is 5.33. The van der Waals surface area contributed by atoms with Gasteiger partial charge in [-0.15, -0.1) is 8.78 Å². The van der Waals surface area contributed by atoms with E-state index >= 15 is 0 Å². The Balaban J connectivity index is 1.85. The molecule has 4 nitrogen and oxygen atoms in total. The van der Waals surface area contributed by atoms with Crippen molar-refractivity contribution < 1.29 is 36.6 Å². The molecule has 0 atom stereocenters. The highest BCUT2D eigenvalue weighted by molar-refractivity contribution is 9.10. The Morgan fingerprint density at radius 1 is 1.04 bits per heavy atom. The maximum absolute atomic E-state index is 13.7. The van der Waals surface area contributed by atoms with Gasteiger partial charge in [-0.25, -0.2) is 13.6 Å². The fraction of sp³-hybridized carbons (Fsp3) is 0.0714. The van der Waals surface area contributed by atoms with E-state index in [1.54, 1.807) is 0 Å². The fourth-order valence-electron chi connectivity index (χ4n) is 1.89. The van der Waals surface area contributed by atoms with Crippen molar-refractivity contribution >= 4 is 21.9 Å². The first-order valence-electron chi connectivity index (χ1n) is 6.02. The molecule has 0 amide bonds. The van der Waals surface area contributed by atoms with Crippen LogP contribution in [0.5, 0.6) is 17.2 Å². The standard InChI is InChI=1S/C14H5BrF4O4/c15-6-3-8(16)12(9(17)4-6)13(20)21-7-1-2-10-11(5-7)23-14(18,19)22-10/h1-5H. The third-order valence-electron chi connectivity index (χ3n) is 2.79. The molecule has 2 aromatic carbocycles. The number of ether oxygens (including phenoxy) is 3. The van der Waals surface area contributed by atoms with E-state index in [0.717, 1.165) is 30.3 Å². The predicted molar refractivity (Wildman–Crippen MR) is 71.7 cm³/mol. The minimum atomic E-state index is -3.82. The summed E-state index contributed by atoms with van der Waals surface area (Å²) in [6, 6.07) is 4.92. The van der Waals surface area contributed by atoms with Crippen molar-refractivity contribution in [1.29, 1.82) is 0 Å². The zero-order valence-corrected chi connectivity index (χ0v) is 12.5. The van der Waals surface area contributed by atoms with Crippen molar-refractivity contribution in [2.24, 2.45) is 0 Å². The molecule has 0 aromatic heterocycles. The van der Waals surface area contributed by atoms with Crippen LogP contribution in [-0.4, -0.2) is 12.3 Å². The molecular formula is C14H5BrF4O4. The molecule has 0 radical (unpaired) electrons. The monoisotopic (exact) mass is 392 g/mol. The van der Waals surface area contributed by atoms with Crippen molar-refractivity contribution in [1.82, 2.24) is 0 Å². The van der Waals surface area contributed by atoms with Gasteiger partial charge in [-0.1, -0.05) is 15.9 Å². The number of carbonyl (C=O) groups is 1. The number of fused-ring (bicyclic) bond motifs is 1. The van der Waals surface area contributed by atoms with Gasteiger partial charge < -0.3 is 14.2 Å². The third-order valence-corrected chi connectivity index (χ3v) is 3.25. The first-order chi connectivity index (χ1) is 10.7. The topological polar surface area (TPSA) is 44.8 Å². The van der Waals surface area contributed by atoms with E-state index in [1.165, 1.54) is 0 Å². The van der Waals surface area contributed by atoms with E-state index in [-0.39, 0.29) is 21.7 Å². The van der Waals surface area contributed by atoms with Gasteiger partial charge in [0, 0.05) is 10.5 Å². The van der Waals surface area contributed by atoms with E-state index in [1.807, 2.05) is 0 Å². The second kappa shape index (κ2) is 5.41. The SMILES string of the molecule is O=C(Oc1ccc2c(c1)OC(F)(F)O2)c1c(F)cc(Br)cc1F. The van der Waals surface area contributed by atoms with Gasteiger partial charge in [0.15, 0.2) is 11.5 Å². The lowest BCUT2D eigenvalue weighted by Crippen LogP contribution is -2.25. The largest absolute Gasteiger partial charge is 0.586 e. The molecule has 1 heterocycles. The van der Waals surface area contributed by atoms with Crippen LogP contribution in [0.3, 0.4) is 0 Å². The zero-order chi connectivity index (χ0) is 16.8. The molecule has 0 saturated carbocycles. The third kappa shape index (κ3) is 3.09. The summed E-state index contributed by atoms with van der Waals surface area (Å²) in [6.45, 7) is 0. The molecule has 0 saturated heterocycles. The summed E-state index contributed by atoms with van der Waals surface area (Å²) in [7, 11) is 0. The highest BCUT2D eigenvalue weighted by atomic mass is 79.9. The number of alkyl halides is 2. The van der Waals surface area contributed by atoms with Crippen LogP contribution in [0.2, 0.25) is 0 Å². The lowest BCUT2D eigenvalue weighted by molar-refractivity contribution is -0.286. The second-order valence-electron chi connectivity index (χ2n) is 4.41. The van der Waals surface area contributed by atoms with E-state index in [9.17, 15) is 22.4 Å². The molecule has 0 bridgehead atoms. The van der Waals surface area contributed by atoms with Gasteiger partial charge in [-0.05, 0) is 24.3 Å². The predicted octanol–water partition coefficient (Wildman–Crippen LogP) is 4.27. The van der Waals surface area contributed by atoms with Gasteiger partial charge in [-0.2, -0.15) is 0 Å². The molecule has 23 heavy (non-hydrogen) atoms. The Morgan fingerprint density at radius 3 is 2.30 bits per heavy atom. The Bertz CT molecular complexity index is 786. The number of carbonyl (C=O) groups excluding carboxylic acids is 1. The van der Waals surface area contributed by atoms with Crippen LogP contribution in [0.25, 0.3) is 0 Å². The van der Waals surface area contributed by atoms with Gasteiger partial charge in [0.2, 0.25) is 0 Å². The van der Waals surface area contributed by atoms with Crippen LogP contribution in [-0.2, 0) is 0 Å². The number of rotatable bonds is 2. The summed E-state index contributed by atoms with van der Waals surface area (Å²) < 4.78 is 66.3. The maximum atomic E-state index is 13.7. The first-order valence-corrected chi connectivity index (χ1v) is 6.81. The summed E-state index contributed by atoms with van der Waals surface area (Å²) in [5.41, 5.74) is -0.906. The number of hydrogen-bond donors (Lipinski definition) is 0. The Morgan fingerprint density at radius 2 is 1.65 bits per heavy atom. The van der Waals surface area contributed by atoms with Gasteiger partial charge in [0.05, 0.1) is 0 Å². The lowest BCUT2D eigenvalue weighted by atomic mass is 10.2.